The Morgan fingerprint density at radius 2 is 1.60 bits per heavy atom. The third-order valence-electron chi connectivity index (χ3n) is 13.9. The highest BCUT2D eigenvalue weighted by molar-refractivity contribution is 7.85. The van der Waals surface area contributed by atoms with Crippen molar-refractivity contribution in [2.24, 2.45) is 29.4 Å². The summed E-state index contributed by atoms with van der Waals surface area (Å²) >= 11 is 0. The zero-order valence-corrected chi connectivity index (χ0v) is 42.7. The van der Waals surface area contributed by atoms with Gasteiger partial charge < -0.3 is 62.3 Å². The Kier molecular flexibility index (Phi) is 19.6. The summed E-state index contributed by atoms with van der Waals surface area (Å²) < 4.78 is 21.1. The Bertz CT molecular complexity index is 2410. The van der Waals surface area contributed by atoms with Crippen LogP contribution >= 0.6 is 0 Å². The molecule has 11 N–H and O–H groups in total. The molecule has 24 heteroatoms. The van der Waals surface area contributed by atoms with Crippen molar-refractivity contribution in [2.75, 3.05) is 52.2 Å². The van der Waals surface area contributed by atoms with Gasteiger partial charge in [0.1, 0.15) is 29.5 Å². The molecule has 3 aliphatic rings. The van der Waals surface area contributed by atoms with Crippen LogP contribution in [0.3, 0.4) is 0 Å². The van der Waals surface area contributed by atoms with Crippen molar-refractivity contribution in [3.8, 4) is 5.75 Å². The third kappa shape index (κ3) is 14.4. The highest BCUT2D eigenvalue weighted by Crippen LogP contribution is 2.33. The predicted molar refractivity (Wildman–Crippen MR) is 261 cm³/mol. The molecule has 2 aromatic rings. The molecule has 7 amide bonds. The maximum Gasteiger partial charge on any atom is 0.243 e. The summed E-state index contributed by atoms with van der Waals surface area (Å²) in [7, 11) is -0.351. The number of carbonyl (C=O) groups is 9. The number of aromatic amines is 1. The molecule has 5 rings (SSSR count). The number of ketones is 2. The SMILES string of the molecule is CC[C@H](C)C1NC(=O)CNC(=O)[C@H]2CC(=O)[C@H]([C@@H](C)[C@@H](O)CO)NC(=O)[C@@H]3C[C@@H](O)CN3C(=O)[C@H](CC(N)=O)CC(=O)[C@H](CS(=O)c3[nH]c4cc(OCCN(C)C(C)(C)C)ccc4c3C2)NC(=O)CNC1=O. The van der Waals surface area contributed by atoms with Gasteiger partial charge in [-0.3, -0.25) is 52.3 Å². The van der Waals surface area contributed by atoms with Gasteiger partial charge >= 0.3 is 0 Å². The summed E-state index contributed by atoms with van der Waals surface area (Å²) in [4.78, 5) is 132. The molecule has 23 nitrogen and oxygen atoms in total. The number of hydrogen-bond acceptors (Lipinski definition) is 15. The summed E-state index contributed by atoms with van der Waals surface area (Å²) in [6.07, 6.45) is -5.46. The van der Waals surface area contributed by atoms with Gasteiger partial charge in [-0.25, -0.2) is 0 Å². The van der Waals surface area contributed by atoms with Gasteiger partial charge in [0, 0.05) is 67.6 Å². The number of rotatable bonds is 11. The van der Waals surface area contributed by atoms with Crippen molar-refractivity contribution >= 4 is 74.6 Å². The van der Waals surface area contributed by atoms with Crippen molar-refractivity contribution < 1.29 is 67.4 Å². The number of H-pyrrole nitrogens is 1. The number of carbonyl (C=O) groups excluding carboxylic acids is 9. The van der Waals surface area contributed by atoms with Gasteiger partial charge in [-0.1, -0.05) is 27.2 Å². The Morgan fingerprint density at radius 3 is 2.24 bits per heavy atom. The van der Waals surface area contributed by atoms with Gasteiger partial charge in [-0.15, -0.1) is 0 Å². The summed E-state index contributed by atoms with van der Waals surface area (Å²) in [5.74, 6) is -13.0. The molecular formula is C48H71N9O14S. The molecule has 0 radical (unpaired) electrons. The van der Waals surface area contributed by atoms with Crippen LogP contribution in [0.25, 0.3) is 10.9 Å². The molecule has 1 fully saturated rings. The monoisotopic (exact) mass is 1030 g/mol. The predicted octanol–water partition coefficient (Wildman–Crippen LogP) is -2.34. The number of nitrogens with two attached hydrogens (primary N) is 1. The van der Waals surface area contributed by atoms with E-state index in [-0.39, 0.29) is 35.6 Å². The Balaban J connectivity index is 1.73. The van der Waals surface area contributed by atoms with Crippen LogP contribution in [0.5, 0.6) is 5.75 Å². The fraction of sp³-hybridized carbons (Fsp3) is 0.646. The van der Waals surface area contributed by atoms with Crippen molar-refractivity contribution in [3.05, 3.63) is 23.8 Å². The van der Waals surface area contributed by atoms with Gasteiger partial charge in [-0.05, 0) is 57.9 Å². The van der Waals surface area contributed by atoms with E-state index in [1.54, 1.807) is 32.0 Å². The molecule has 3 aliphatic heterocycles. The highest BCUT2D eigenvalue weighted by Gasteiger charge is 2.45. The average Bonchev–Trinajstić information content (AvgIpc) is 3.90. The number of hydrogen-bond donors (Lipinski definition) is 10. The number of benzene rings is 1. The lowest BCUT2D eigenvalue weighted by Gasteiger charge is -2.32. The zero-order chi connectivity index (χ0) is 53.4. The number of likely N-dealkylation sites (N-methyl/N-ethyl adjacent to an activating group) is 1. The molecule has 0 saturated carbocycles. The standard InChI is InChI=1S/C48H71N9O14S/c1-8-24(2)41-45(68)51-19-39(64)52-33-23-72(70)46-31(30-10-9-29(18-32(30)53-46)71-12-11-56(7)48(4,5)6)13-26(43(66)50-20-40(65)54-41)14-36(61)42(25(3)37(62)22-58)55-44(67)34-17-28(59)21-57(34)47(69)27(15-35(33)60)16-38(49)63/h9-10,18,24-28,33-34,37,41-42,53,58-59,62H,8,11-17,19-23H2,1-7H3,(H2,49,63)(H,50,66)(H,51,68)(H,52,64)(H,54,65)(H,55,67)/t24-,25-,26+,27-,28+,33-,34-,37-,41?,42-,72?/m0/s1. The molecule has 2 unspecified atom stereocenters. The smallest absolute Gasteiger partial charge is 0.243 e. The number of nitrogens with one attached hydrogen (secondary N) is 6. The van der Waals surface area contributed by atoms with Crippen LogP contribution in [-0.4, -0.2) is 181 Å². The molecule has 11 atom stereocenters. The van der Waals surface area contributed by atoms with Crippen molar-refractivity contribution in [1.82, 2.24) is 41.4 Å². The first-order valence-corrected chi connectivity index (χ1v) is 25.6. The highest BCUT2D eigenvalue weighted by atomic mass is 32.2. The molecule has 398 valence electrons. The first-order chi connectivity index (χ1) is 33.8. The van der Waals surface area contributed by atoms with Crippen LogP contribution in [0.1, 0.15) is 79.2 Å². The number of aromatic nitrogens is 1. The largest absolute Gasteiger partial charge is 0.492 e. The minimum absolute atomic E-state index is 0.0378. The molecule has 1 aromatic carbocycles. The van der Waals surface area contributed by atoms with Gasteiger partial charge in [0.05, 0.1) is 72.0 Å². The number of primary amides is 1. The summed E-state index contributed by atoms with van der Waals surface area (Å²) in [5, 5.41) is 44.8. The second-order valence-corrected chi connectivity index (χ2v) is 21.6. The topological polar surface area (TPSA) is 349 Å². The Morgan fingerprint density at radius 1 is 0.931 bits per heavy atom. The van der Waals surface area contributed by atoms with Crippen LogP contribution < -0.4 is 37.1 Å². The number of ether oxygens (including phenoxy) is 1. The molecular weight excluding hydrogens is 959 g/mol. The number of fused-ring (bicyclic) bond motifs is 5. The molecule has 1 saturated heterocycles. The number of aliphatic hydroxyl groups is 3. The normalized spacial score (nSPS) is 27.2. The van der Waals surface area contributed by atoms with E-state index >= 15 is 0 Å². The van der Waals surface area contributed by atoms with Crippen LogP contribution in [-0.2, 0) is 60.4 Å². The van der Waals surface area contributed by atoms with Gasteiger partial charge in [-0.2, -0.15) is 0 Å². The lowest BCUT2D eigenvalue weighted by atomic mass is 9.85. The number of Topliss-reactive ketones (excluding diaryl/α,β-unsaturated/α-hetero) is 2. The van der Waals surface area contributed by atoms with Crippen molar-refractivity contribution in [1.29, 1.82) is 0 Å². The van der Waals surface area contributed by atoms with E-state index in [2.05, 4.69) is 57.2 Å². The molecule has 0 spiro atoms. The first-order valence-electron chi connectivity index (χ1n) is 24.3. The van der Waals surface area contributed by atoms with Gasteiger partial charge in [0.25, 0.3) is 0 Å². The first kappa shape index (κ1) is 57.1. The molecule has 72 heavy (non-hydrogen) atoms. The summed E-state index contributed by atoms with van der Waals surface area (Å²) in [6, 6.07) is -1.09. The van der Waals surface area contributed by atoms with Crippen molar-refractivity contribution in [3.63, 3.8) is 0 Å². The maximum atomic E-state index is 15.0. The number of aliphatic hydroxyl groups excluding tert-OH is 3. The molecule has 2 bridgehead atoms. The lowest BCUT2D eigenvalue weighted by Crippen LogP contribution is -2.56. The van der Waals surface area contributed by atoms with E-state index in [0.717, 1.165) is 4.90 Å². The van der Waals surface area contributed by atoms with Crippen LogP contribution in [0.15, 0.2) is 23.2 Å². The Hall–Kier alpha value is -5.82. The fourth-order valence-corrected chi connectivity index (χ4v) is 10.4. The summed E-state index contributed by atoms with van der Waals surface area (Å²) in [5.41, 5.74) is 6.03. The van der Waals surface area contributed by atoms with E-state index in [4.69, 9.17) is 10.5 Å². The molecule has 1 aromatic heterocycles. The van der Waals surface area contributed by atoms with E-state index in [9.17, 15) is 62.7 Å². The quantitative estimate of drug-likeness (QED) is 0.113. The second-order valence-electron chi connectivity index (χ2n) is 20.2. The van der Waals surface area contributed by atoms with Crippen molar-refractivity contribution in [2.45, 2.75) is 127 Å². The average molecular weight is 1030 g/mol. The van der Waals surface area contributed by atoms with Gasteiger partial charge in [0.2, 0.25) is 41.4 Å². The van der Waals surface area contributed by atoms with Gasteiger partial charge in [0.15, 0.2) is 11.6 Å². The Labute approximate surface area is 420 Å². The van der Waals surface area contributed by atoms with E-state index in [1.807, 2.05) is 7.05 Å². The second kappa shape index (κ2) is 24.7. The number of amides is 7. The summed E-state index contributed by atoms with van der Waals surface area (Å²) in [6.45, 7) is 9.09. The third-order valence-corrected chi connectivity index (χ3v) is 15.4. The molecule has 0 aliphatic carbocycles. The molecule has 4 heterocycles. The maximum absolute atomic E-state index is 15.0. The van der Waals surface area contributed by atoms with Crippen LogP contribution in [0.2, 0.25) is 0 Å². The fourth-order valence-electron chi connectivity index (χ4n) is 8.98. The van der Waals surface area contributed by atoms with E-state index in [1.165, 1.54) is 6.92 Å². The number of nitrogens with zero attached hydrogens (tertiary/aromatic N) is 2. The minimum Gasteiger partial charge on any atom is -0.492 e. The van der Waals surface area contributed by atoms with Crippen LogP contribution in [0, 0.1) is 23.7 Å². The lowest BCUT2D eigenvalue weighted by molar-refractivity contribution is -0.145. The van der Waals surface area contributed by atoms with E-state index < -0.39 is 175 Å². The van der Waals surface area contributed by atoms with Crippen LogP contribution in [0.4, 0.5) is 0 Å². The van der Waals surface area contributed by atoms with E-state index in [0.29, 0.717) is 29.6 Å². The minimum atomic E-state index is -2.30. The zero-order valence-electron chi connectivity index (χ0n) is 41.9.